The highest BCUT2D eigenvalue weighted by Gasteiger charge is 2.42. The first kappa shape index (κ1) is 21.6. The molecule has 7 nitrogen and oxygen atoms in total. The number of halogens is 1. The molecule has 1 N–H and O–H groups in total. The molecule has 0 saturated heterocycles. The number of aliphatic imine (C=N–C) groups is 1. The molecule has 158 valence electrons. The number of carbonyl (C=O) groups is 2. The van der Waals surface area contributed by atoms with Gasteiger partial charge in [-0.15, -0.1) is 11.6 Å². The van der Waals surface area contributed by atoms with Crippen molar-refractivity contribution in [3.63, 3.8) is 0 Å². The van der Waals surface area contributed by atoms with Gasteiger partial charge in [-0.25, -0.2) is 14.5 Å². The minimum Gasteiger partial charge on any atom is -0.444 e. The third kappa shape index (κ3) is 5.51. The van der Waals surface area contributed by atoms with Gasteiger partial charge < -0.3 is 9.47 Å². The summed E-state index contributed by atoms with van der Waals surface area (Å²) in [7, 11) is 0. The molecule has 0 bridgehead atoms. The third-order valence-electron chi connectivity index (χ3n) is 4.77. The maximum Gasteiger partial charge on any atom is 0.417 e. The Labute approximate surface area is 180 Å². The topological polar surface area (TPSA) is 80.2 Å². The molecule has 1 aliphatic rings. The molecule has 0 saturated carbocycles. The number of nitrogens with zero attached hydrogens (tertiary/aromatic N) is 2. The lowest BCUT2D eigenvalue weighted by atomic mass is 9.97. The van der Waals surface area contributed by atoms with Crippen LogP contribution in [0.25, 0.3) is 0 Å². The molecule has 30 heavy (non-hydrogen) atoms. The van der Waals surface area contributed by atoms with Crippen molar-refractivity contribution in [2.75, 3.05) is 12.4 Å². The molecule has 1 aliphatic heterocycles. The summed E-state index contributed by atoms with van der Waals surface area (Å²) in [4.78, 5) is 30.8. The minimum atomic E-state index is -0.751. The predicted octanol–water partition coefficient (Wildman–Crippen LogP) is 4.31. The van der Waals surface area contributed by atoms with Gasteiger partial charge in [-0.2, -0.15) is 0 Å². The van der Waals surface area contributed by atoms with E-state index in [0.29, 0.717) is 13.0 Å². The summed E-state index contributed by atoms with van der Waals surface area (Å²) in [6.07, 6.45) is -0.803. The molecular weight excluding hydrogens is 406 g/mol. The van der Waals surface area contributed by atoms with Gasteiger partial charge >= 0.3 is 12.2 Å². The van der Waals surface area contributed by atoms with Crippen LogP contribution in [-0.4, -0.2) is 41.0 Å². The van der Waals surface area contributed by atoms with E-state index in [9.17, 15) is 9.59 Å². The summed E-state index contributed by atoms with van der Waals surface area (Å²) in [5.41, 5.74) is 0.950. The number of hydrogen-bond donors (Lipinski definition) is 1. The van der Waals surface area contributed by atoms with Crippen molar-refractivity contribution in [2.24, 2.45) is 4.99 Å². The van der Waals surface area contributed by atoms with Crippen LogP contribution in [0.3, 0.4) is 0 Å². The molecule has 0 aliphatic carbocycles. The highest BCUT2D eigenvalue weighted by molar-refractivity contribution is 6.19. The van der Waals surface area contributed by atoms with Crippen molar-refractivity contribution in [2.45, 2.75) is 32.1 Å². The normalized spacial score (nSPS) is 18.3. The second-order valence-electron chi connectivity index (χ2n) is 7.15. The third-order valence-corrected chi connectivity index (χ3v) is 5.34. The standard InChI is InChI=1S/C22H24ClN3O4/c1-22(16-23)12-13-24-19(25-20(27)29-14-17-8-4-2-5-9-17)26(22)21(28)30-15-18-10-6-3-7-11-18/h2-11H,12-16H2,1H3,(H,24,25,27). The highest BCUT2D eigenvalue weighted by atomic mass is 35.5. The van der Waals surface area contributed by atoms with Crippen LogP contribution in [-0.2, 0) is 22.7 Å². The fraction of sp³-hybridized carbons (Fsp3) is 0.318. The minimum absolute atomic E-state index is 0.0699. The molecule has 0 aromatic heterocycles. The van der Waals surface area contributed by atoms with Crippen molar-refractivity contribution >= 4 is 29.7 Å². The zero-order valence-electron chi connectivity index (χ0n) is 16.7. The number of amides is 2. The van der Waals surface area contributed by atoms with E-state index in [1.165, 1.54) is 4.90 Å². The van der Waals surface area contributed by atoms with E-state index >= 15 is 0 Å². The summed E-state index contributed by atoms with van der Waals surface area (Å²) in [5.74, 6) is 0.230. The first-order chi connectivity index (χ1) is 14.5. The fourth-order valence-corrected chi connectivity index (χ4v) is 3.26. The van der Waals surface area contributed by atoms with Gasteiger partial charge in [0, 0.05) is 12.4 Å². The van der Waals surface area contributed by atoms with Crippen molar-refractivity contribution in [1.29, 1.82) is 0 Å². The largest absolute Gasteiger partial charge is 0.444 e. The summed E-state index contributed by atoms with van der Waals surface area (Å²) < 4.78 is 10.7. The molecule has 0 radical (unpaired) electrons. The molecule has 1 unspecified atom stereocenters. The van der Waals surface area contributed by atoms with Gasteiger partial charge in [0.25, 0.3) is 0 Å². The van der Waals surface area contributed by atoms with E-state index in [0.717, 1.165) is 11.1 Å². The summed E-state index contributed by atoms with van der Waals surface area (Å²) in [6.45, 7) is 2.45. The predicted molar refractivity (Wildman–Crippen MR) is 114 cm³/mol. The lowest BCUT2D eigenvalue weighted by molar-refractivity contribution is 0.0833. The summed E-state index contributed by atoms with van der Waals surface area (Å²) >= 11 is 6.17. The SMILES string of the molecule is CC1(CCl)CCN=C(NC(=O)OCc2ccccc2)N1C(=O)OCc1ccccc1. The molecule has 2 amide bonds. The molecular formula is C22H24ClN3O4. The quantitative estimate of drug-likeness (QED) is 0.718. The Bertz CT molecular complexity index is 892. The van der Waals surface area contributed by atoms with E-state index < -0.39 is 17.7 Å². The van der Waals surface area contributed by atoms with E-state index in [1.54, 1.807) is 0 Å². The summed E-state index contributed by atoms with van der Waals surface area (Å²) in [5, 5.41) is 2.56. The van der Waals surface area contributed by atoms with Crippen molar-refractivity contribution in [3.05, 3.63) is 71.8 Å². The van der Waals surface area contributed by atoms with Gasteiger partial charge in [-0.05, 0) is 24.5 Å². The van der Waals surface area contributed by atoms with Crippen LogP contribution in [0, 0.1) is 0 Å². The molecule has 8 heteroatoms. The van der Waals surface area contributed by atoms with Gasteiger partial charge in [-0.3, -0.25) is 10.3 Å². The van der Waals surface area contributed by atoms with Crippen LogP contribution >= 0.6 is 11.6 Å². The molecule has 2 aromatic rings. The lowest BCUT2D eigenvalue weighted by Crippen LogP contribution is -2.61. The van der Waals surface area contributed by atoms with Gasteiger partial charge in [0.05, 0.1) is 5.54 Å². The lowest BCUT2D eigenvalue weighted by Gasteiger charge is -2.41. The van der Waals surface area contributed by atoms with E-state index in [1.807, 2.05) is 67.6 Å². The zero-order chi connectivity index (χ0) is 21.4. The van der Waals surface area contributed by atoms with Crippen molar-refractivity contribution in [3.8, 4) is 0 Å². The van der Waals surface area contributed by atoms with Gasteiger partial charge in [0.15, 0.2) is 0 Å². The Morgan fingerprint density at radius 1 is 1.03 bits per heavy atom. The Morgan fingerprint density at radius 3 is 2.17 bits per heavy atom. The number of guanidine groups is 1. The van der Waals surface area contributed by atoms with Crippen LogP contribution in [0.5, 0.6) is 0 Å². The average Bonchev–Trinajstić information content (AvgIpc) is 2.77. The molecule has 1 heterocycles. The molecule has 0 spiro atoms. The molecule has 0 fully saturated rings. The zero-order valence-corrected chi connectivity index (χ0v) is 17.5. The van der Waals surface area contributed by atoms with Crippen LogP contribution in [0.1, 0.15) is 24.5 Å². The number of benzene rings is 2. The molecule has 1 atom stereocenters. The Balaban J connectivity index is 1.66. The van der Waals surface area contributed by atoms with Crippen molar-refractivity contribution < 1.29 is 19.1 Å². The van der Waals surface area contributed by atoms with E-state index in [2.05, 4.69) is 10.3 Å². The second-order valence-corrected chi connectivity index (χ2v) is 7.42. The fourth-order valence-electron chi connectivity index (χ4n) is 3.00. The Morgan fingerprint density at radius 2 is 1.60 bits per heavy atom. The van der Waals surface area contributed by atoms with Crippen molar-refractivity contribution in [1.82, 2.24) is 10.2 Å². The first-order valence-corrected chi connectivity index (χ1v) is 10.1. The maximum atomic E-state index is 12.9. The van der Waals surface area contributed by atoms with Crippen LogP contribution in [0.15, 0.2) is 65.7 Å². The monoisotopic (exact) mass is 429 g/mol. The Kier molecular flexibility index (Phi) is 7.30. The number of rotatable bonds is 5. The number of nitrogens with one attached hydrogen (secondary N) is 1. The number of alkyl halides is 1. The smallest absolute Gasteiger partial charge is 0.417 e. The highest BCUT2D eigenvalue weighted by Crippen LogP contribution is 2.26. The number of ether oxygens (including phenoxy) is 2. The number of carbonyl (C=O) groups excluding carboxylic acids is 2. The second kappa shape index (κ2) is 10.1. The first-order valence-electron chi connectivity index (χ1n) is 9.61. The molecule has 2 aromatic carbocycles. The van der Waals surface area contributed by atoms with Gasteiger partial charge in [0.1, 0.15) is 13.2 Å². The average molecular weight is 430 g/mol. The van der Waals surface area contributed by atoms with Gasteiger partial charge in [0.2, 0.25) is 5.96 Å². The van der Waals surface area contributed by atoms with E-state index in [-0.39, 0.29) is 25.1 Å². The number of alkyl carbamates (subject to hydrolysis) is 1. The van der Waals surface area contributed by atoms with Gasteiger partial charge in [-0.1, -0.05) is 60.7 Å². The van der Waals surface area contributed by atoms with Crippen LogP contribution in [0.4, 0.5) is 9.59 Å². The van der Waals surface area contributed by atoms with Crippen LogP contribution in [0.2, 0.25) is 0 Å². The molecule has 3 rings (SSSR count). The van der Waals surface area contributed by atoms with E-state index in [4.69, 9.17) is 21.1 Å². The maximum absolute atomic E-state index is 12.9. The summed E-state index contributed by atoms with van der Waals surface area (Å²) in [6, 6.07) is 18.6. The Hall–Kier alpha value is -3.06. The number of hydrogen-bond acceptors (Lipinski definition) is 5. The van der Waals surface area contributed by atoms with Crippen LogP contribution < -0.4 is 5.32 Å².